The summed E-state index contributed by atoms with van der Waals surface area (Å²) in [4.78, 5) is 12.4. The van der Waals surface area contributed by atoms with Gasteiger partial charge in [0.05, 0.1) is 20.6 Å². The topological polar surface area (TPSA) is 75.3 Å². The fraction of sp³-hybridized carbons (Fsp3) is 0.188. The van der Waals surface area contributed by atoms with Crippen LogP contribution in [-0.2, 0) is 10.0 Å². The Labute approximate surface area is 150 Å². The van der Waals surface area contributed by atoms with Gasteiger partial charge in [0.1, 0.15) is 0 Å². The molecule has 2 aromatic rings. The molecule has 0 bridgehead atoms. The minimum Gasteiger partial charge on any atom is -0.321 e. The van der Waals surface area contributed by atoms with Gasteiger partial charge in [-0.2, -0.15) is 0 Å². The predicted molar refractivity (Wildman–Crippen MR) is 94.2 cm³/mol. The first-order valence-electron chi connectivity index (χ1n) is 7.24. The zero-order valence-corrected chi connectivity index (χ0v) is 14.8. The van der Waals surface area contributed by atoms with Gasteiger partial charge in [-0.05, 0) is 49.2 Å². The van der Waals surface area contributed by atoms with Crippen molar-refractivity contribution in [3.63, 3.8) is 0 Å². The van der Waals surface area contributed by atoms with E-state index in [1.165, 1.54) is 24.3 Å². The second kappa shape index (κ2) is 6.72. The van der Waals surface area contributed by atoms with Crippen molar-refractivity contribution in [3.8, 4) is 0 Å². The summed E-state index contributed by atoms with van der Waals surface area (Å²) < 4.78 is 26.8. The smallest absolute Gasteiger partial charge is 0.255 e. The minimum atomic E-state index is -3.53. The van der Waals surface area contributed by atoms with Crippen molar-refractivity contribution in [3.05, 3.63) is 58.1 Å². The standard InChI is InChI=1S/C16H14Cl2N2O3S/c17-13-2-1-3-14(15(13)18)19-16(21)10-4-8-12(9-5-10)24(22,23)20-11-6-7-11/h1-5,8-9,11,20H,6-7H2,(H,19,21). The average Bonchev–Trinajstić information content (AvgIpc) is 3.35. The maximum atomic E-state index is 12.2. The number of amides is 1. The summed E-state index contributed by atoms with van der Waals surface area (Å²) in [7, 11) is -3.53. The second-order valence-electron chi connectivity index (χ2n) is 5.48. The number of hydrogen-bond acceptors (Lipinski definition) is 3. The molecule has 0 aliphatic heterocycles. The van der Waals surface area contributed by atoms with Crippen LogP contribution in [0.3, 0.4) is 0 Å². The van der Waals surface area contributed by atoms with E-state index in [0.29, 0.717) is 16.3 Å². The van der Waals surface area contributed by atoms with Gasteiger partial charge in [0, 0.05) is 11.6 Å². The van der Waals surface area contributed by atoms with Gasteiger partial charge in [0.2, 0.25) is 10.0 Å². The Bertz CT molecular complexity index is 879. The Morgan fingerprint density at radius 1 is 1.04 bits per heavy atom. The molecule has 2 N–H and O–H groups in total. The number of sulfonamides is 1. The van der Waals surface area contributed by atoms with E-state index in [1.807, 2.05) is 0 Å². The molecule has 126 valence electrons. The van der Waals surface area contributed by atoms with E-state index >= 15 is 0 Å². The molecule has 0 aromatic heterocycles. The number of halogens is 2. The molecule has 3 rings (SSSR count). The summed E-state index contributed by atoms with van der Waals surface area (Å²) in [6.07, 6.45) is 1.72. The van der Waals surface area contributed by atoms with Crippen molar-refractivity contribution < 1.29 is 13.2 Å². The molecule has 1 fully saturated rings. The Kier molecular flexibility index (Phi) is 4.83. The maximum absolute atomic E-state index is 12.2. The normalized spacial score (nSPS) is 14.4. The molecule has 0 radical (unpaired) electrons. The molecule has 0 atom stereocenters. The van der Waals surface area contributed by atoms with Crippen LogP contribution in [0.2, 0.25) is 10.0 Å². The summed E-state index contributed by atoms with van der Waals surface area (Å²) in [5.41, 5.74) is 0.706. The first-order chi connectivity index (χ1) is 11.4. The van der Waals surface area contributed by atoms with E-state index in [4.69, 9.17) is 23.2 Å². The van der Waals surface area contributed by atoms with Gasteiger partial charge in [0.15, 0.2) is 0 Å². The molecular weight excluding hydrogens is 371 g/mol. The predicted octanol–water partition coefficient (Wildman–Crippen LogP) is 3.69. The largest absolute Gasteiger partial charge is 0.321 e. The van der Waals surface area contributed by atoms with Crippen molar-refractivity contribution in [2.75, 3.05) is 5.32 Å². The molecule has 1 saturated carbocycles. The van der Waals surface area contributed by atoms with E-state index in [2.05, 4.69) is 10.0 Å². The van der Waals surface area contributed by atoms with Crippen molar-refractivity contribution >= 4 is 44.8 Å². The third-order valence-electron chi connectivity index (χ3n) is 3.53. The second-order valence-corrected chi connectivity index (χ2v) is 7.97. The third kappa shape index (κ3) is 3.89. The van der Waals surface area contributed by atoms with Crippen LogP contribution < -0.4 is 10.0 Å². The Morgan fingerprint density at radius 2 is 1.71 bits per heavy atom. The summed E-state index contributed by atoms with van der Waals surface area (Å²) in [5, 5.41) is 3.23. The van der Waals surface area contributed by atoms with Crippen molar-refractivity contribution in [1.29, 1.82) is 0 Å². The Morgan fingerprint density at radius 3 is 2.33 bits per heavy atom. The Balaban J connectivity index is 1.75. The van der Waals surface area contributed by atoms with E-state index in [0.717, 1.165) is 12.8 Å². The average molecular weight is 385 g/mol. The number of hydrogen-bond donors (Lipinski definition) is 2. The lowest BCUT2D eigenvalue weighted by Gasteiger charge is -2.09. The first kappa shape index (κ1) is 17.2. The minimum absolute atomic E-state index is 0.0305. The number of carbonyl (C=O) groups is 1. The lowest BCUT2D eigenvalue weighted by Crippen LogP contribution is -2.25. The van der Waals surface area contributed by atoms with Crippen molar-refractivity contribution in [1.82, 2.24) is 4.72 Å². The first-order valence-corrected chi connectivity index (χ1v) is 9.48. The van der Waals surface area contributed by atoms with Crippen LogP contribution in [0, 0.1) is 0 Å². The van der Waals surface area contributed by atoms with E-state index in [1.54, 1.807) is 18.2 Å². The number of benzene rings is 2. The van der Waals surface area contributed by atoms with Gasteiger partial charge in [-0.25, -0.2) is 13.1 Å². The highest BCUT2D eigenvalue weighted by atomic mass is 35.5. The lowest BCUT2D eigenvalue weighted by molar-refractivity contribution is 0.102. The Hall–Kier alpha value is -1.60. The van der Waals surface area contributed by atoms with Gasteiger partial charge < -0.3 is 5.32 Å². The number of nitrogens with one attached hydrogen (secondary N) is 2. The monoisotopic (exact) mass is 384 g/mol. The molecule has 0 spiro atoms. The lowest BCUT2D eigenvalue weighted by atomic mass is 10.2. The van der Waals surface area contributed by atoms with Crippen LogP contribution >= 0.6 is 23.2 Å². The molecule has 1 aliphatic rings. The zero-order chi connectivity index (χ0) is 17.3. The summed E-state index contributed by atoms with van der Waals surface area (Å²) >= 11 is 11.9. The molecule has 1 aliphatic carbocycles. The molecule has 2 aromatic carbocycles. The fourth-order valence-electron chi connectivity index (χ4n) is 2.07. The highest BCUT2D eigenvalue weighted by molar-refractivity contribution is 7.89. The van der Waals surface area contributed by atoms with Crippen LogP contribution in [0.25, 0.3) is 0 Å². The quantitative estimate of drug-likeness (QED) is 0.825. The molecule has 0 heterocycles. The van der Waals surface area contributed by atoms with Crippen LogP contribution in [0.4, 0.5) is 5.69 Å². The van der Waals surface area contributed by atoms with E-state index < -0.39 is 15.9 Å². The molecule has 24 heavy (non-hydrogen) atoms. The summed E-state index contributed by atoms with van der Waals surface area (Å²) in [6, 6.07) is 10.7. The molecule has 0 saturated heterocycles. The SMILES string of the molecule is O=C(Nc1cccc(Cl)c1Cl)c1ccc(S(=O)(=O)NC2CC2)cc1. The van der Waals surface area contributed by atoms with Gasteiger partial charge in [-0.15, -0.1) is 0 Å². The zero-order valence-electron chi connectivity index (χ0n) is 12.4. The summed E-state index contributed by atoms with van der Waals surface area (Å²) in [5.74, 6) is -0.404. The maximum Gasteiger partial charge on any atom is 0.255 e. The van der Waals surface area contributed by atoms with Crippen molar-refractivity contribution in [2.45, 2.75) is 23.8 Å². The highest BCUT2D eigenvalue weighted by Gasteiger charge is 2.28. The summed E-state index contributed by atoms with van der Waals surface area (Å²) in [6.45, 7) is 0. The number of anilines is 1. The van der Waals surface area contributed by atoms with Gasteiger partial charge in [-0.1, -0.05) is 29.3 Å². The van der Waals surface area contributed by atoms with E-state index in [-0.39, 0.29) is 16.0 Å². The van der Waals surface area contributed by atoms with Crippen LogP contribution in [0.5, 0.6) is 0 Å². The van der Waals surface area contributed by atoms with Crippen LogP contribution in [0.15, 0.2) is 47.4 Å². The molecule has 8 heteroatoms. The van der Waals surface area contributed by atoms with Gasteiger partial charge >= 0.3 is 0 Å². The van der Waals surface area contributed by atoms with Crippen LogP contribution in [0.1, 0.15) is 23.2 Å². The molecule has 5 nitrogen and oxygen atoms in total. The molecule has 1 amide bonds. The van der Waals surface area contributed by atoms with Crippen molar-refractivity contribution in [2.24, 2.45) is 0 Å². The van der Waals surface area contributed by atoms with Gasteiger partial charge in [0.25, 0.3) is 5.91 Å². The third-order valence-corrected chi connectivity index (χ3v) is 5.88. The fourth-order valence-corrected chi connectivity index (χ4v) is 3.72. The van der Waals surface area contributed by atoms with E-state index in [9.17, 15) is 13.2 Å². The molecular formula is C16H14Cl2N2O3S. The highest BCUT2D eigenvalue weighted by Crippen LogP contribution is 2.30. The number of rotatable bonds is 5. The molecule has 0 unspecified atom stereocenters. The van der Waals surface area contributed by atoms with Gasteiger partial charge in [-0.3, -0.25) is 4.79 Å². The van der Waals surface area contributed by atoms with Crippen LogP contribution in [-0.4, -0.2) is 20.4 Å². The number of carbonyl (C=O) groups excluding carboxylic acids is 1.